The number of rotatable bonds is 3. The Balaban J connectivity index is 1.93. The predicted molar refractivity (Wildman–Crippen MR) is 79.4 cm³/mol. The molecule has 5 heteroatoms. The van der Waals surface area contributed by atoms with E-state index in [0.717, 1.165) is 30.6 Å². The van der Waals surface area contributed by atoms with Gasteiger partial charge in [0.25, 0.3) is 0 Å². The van der Waals surface area contributed by atoms with Crippen molar-refractivity contribution in [1.29, 1.82) is 0 Å². The fraction of sp³-hybridized carbons (Fsp3) is 0.533. The molecule has 0 spiro atoms. The number of benzene rings is 1. The molecule has 2 amide bonds. The fourth-order valence-electron chi connectivity index (χ4n) is 2.47. The van der Waals surface area contributed by atoms with E-state index >= 15 is 0 Å². The second-order valence-electron chi connectivity index (χ2n) is 5.48. The van der Waals surface area contributed by atoms with E-state index in [0.29, 0.717) is 6.54 Å². The lowest BCUT2D eigenvalue weighted by Crippen LogP contribution is -2.43. The third-order valence-electron chi connectivity index (χ3n) is 3.75. The van der Waals surface area contributed by atoms with Crippen LogP contribution in [0.5, 0.6) is 0 Å². The van der Waals surface area contributed by atoms with Gasteiger partial charge in [-0.3, -0.25) is 0 Å². The number of piperidine rings is 1. The molecule has 1 aliphatic rings. The van der Waals surface area contributed by atoms with Crippen LogP contribution in [-0.2, 0) is 0 Å². The lowest BCUT2D eigenvalue weighted by Gasteiger charge is -2.31. The van der Waals surface area contributed by atoms with Crippen LogP contribution >= 0.6 is 0 Å². The first-order chi connectivity index (χ1) is 9.60. The molecule has 2 unspecified atom stereocenters. The minimum atomic E-state index is -0.100. The van der Waals surface area contributed by atoms with Crippen molar-refractivity contribution in [2.24, 2.45) is 11.7 Å². The number of amides is 2. The number of carbonyl (C=O) groups excluding carboxylic acids is 1. The van der Waals surface area contributed by atoms with Gasteiger partial charge in [-0.1, -0.05) is 12.1 Å². The standard InChI is InChI=1S/C15H23N3O2/c1-11(16)13-4-6-14(7-5-13)17-15(20)18-8-2-3-12(9-18)10-19/h4-7,11-12,19H,2-3,8-10,16H2,1H3,(H,17,20). The topological polar surface area (TPSA) is 78.6 Å². The molecule has 1 aromatic rings. The molecule has 1 saturated heterocycles. The van der Waals surface area contributed by atoms with Gasteiger partial charge in [0.05, 0.1) is 0 Å². The SMILES string of the molecule is CC(N)c1ccc(NC(=O)N2CCCC(CO)C2)cc1. The van der Waals surface area contributed by atoms with E-state index in [2.05, 4.69) is 5.32 Å². The Morgan fingerprint density at radius 1 is 1.50 bits per heavy atom. The van der Waals surface area contributed by atoms with Crippen LogP contribution in [0.3, 0.4) is 0 Å². The monoisotopic (exact) mass is 277 g/mol. The molecule has 0 aliphatic carbocycles. The summed E-state index contributed by atoms with van der Waals surface area (Å²) in [6, 6.07) is 7.47. The van der Waals surface area contributed by atoms with E-state index in [-0.39, 0.29) is 24.6 Å². The number of hydrogen-bond donors (Lipinski definition) is 3. The number of aliphatic hydroxyl groups is 1. The van der Waals surface area contributed by atoms with Crippen molar-refractivity contribution in [3.63, 3.8) is 0 Å². The second kappa shape index (κ2) is 6.72. The zero-order valence-electron chi connectivity index (χ0n) is 11.9. The quantitative estimate of drug-likeness (QED) is 0.790. The number of hydrogen-bond acceptors (Lipinski definition) is 3. The van der Waals surface area contributed by atoms with Gasteiger partial charge in [-0.25, -0.2) is 4.79 Å². The maximum Gasteiger partial charge on any atom is 0.321 e. The van der Waals surface area contributed by atoms with Crippen LogP contribution in [0.1, 0.15) is 31.4 Å². The smallest absolute Gasteiger partial charge is 0.321 e. The second-order valence-corrected chi connectivity index (χ2v) is 5.48. The van der Waals surface area contributed by atoms with Crippen LogP contribution in [-0.4, -0.2) is 35.7 Å². The molecule has 1 heterocycles. The van der Waals surface area contributed by atoms with Gasteiger partial charge < -0.3 is 21.1 Å². The minimum Gasteiger partial charge on any atom is -0.396 e. The molecule has 0 aromatic heterocycles. The third kappa shape index (κ3) is 3.71. The lowest BCUT2D eigenvalue weighted by atomic mass is 9.99. The average molecular weight is 277 g/mol. The molecule has 0 saturated carbocycles. The highest BCUT2D eigenvalue weighted by Gasteiger charge is 2.23. The molecule has 1 aliphatic heterocycles. The summed E-state index contributed by atoms with van der Waals surface area (Å²) in [5.41, 5.74) is 7.61. The summed E-state index contributed by atoms with van der Waals surface area (Å²) < 4.78 is 0. The van der Waals surface area contributed by atoms with Crippen molar-refractivity contribution in [1.82, 2.24) is 4.90 Å². The molecule has 4 N–H and O–H groups in total. The van der Waals surface area contributed by atoms with Crippen LogP contribution in [0.4, 0.5) is 10.5 Å². The van der Waals surface area contributed by atoms with Crippen LogP contribution in [0.2, 0.25) is 0 Å². The molecular weight excluding hydrogens is 254 g/mol. The van der Waals surface area contributed by atoms with Gasteiger partial charge in [0.15, 0.2) is 0 Å². The van der Waals surface area contributed by atoms with Crippen LogP contribution in [0.25, 0.3) is 0 Å². The number of nitrogens with zero attached hydrogens (tertiary/aromatic N) is 1. The fourth-order valence-corrected chi connectivity index (χ4v) is 2.47. The van der Waals surface area contributed by atoms with Crippen molar-refractivity contribution in [2.45, 2.75) is 25.8 Å². The minimum absolute atomic E-state index is 0.00726. The Morgan fingerprint density at radius 2 is 2.20 bits per heavy atom. The Kier molecular flexibility index (Phi) is 4.98. The largest absolute Gasteiger partial charge is 0.396 e. The van der Waals surface area contributed by atoms with Gasteiger partial charge in [0.1, 0.15) is 0 Å². The zero-order chi connectivity index (χ0) is 14.5. The van der Waals surface area contributed by atoms with E-state index in [9.17, 15) is 9.90 Å². The van der Waals surface area contributed by atoms with E-state index in [1.165, 1.54) is 0 Å². The number of anilines is 1. The molecule has 1 aromatic carbocycles. The first-order valence-corrected chi connectivity index (χ1v) is 7.12. The Labute approximate surface area is 119 Å². The summed E-state index contributed by atoms with van der Waals surface area (Å²) in [6.45, 7) is 3.45. The average Bonchev–Trinajstić information content (AvgIpc) is 2.47. The summed E-state index contributed by atoms with van der Waals surface area (Å²) in [4.78, 5) is 13.9. The highest BCUT2D eigenvalue weighted by molar-refractivity contribution is 5.89. The van der Waals surface area contributed by atoms with E-state index < -0.39 is 0 Å². The predicted octanol–water partition coefficient (Wildman–Crippen LogP) is 1.94. The van der Waals surface area contributed by atoms with Crippen molar-refractivity contribution < 1.29 is 9.90 Å². The molecule has 0 bridgehead atoms. The third-order valence-corrected chi connectivity index (χ3v) is 3.75. The van der Waals surface area contributed by atoms with E-state index in [1.54, 1.807) is 4.90 Å². The Morgan fingerprint density at radius 3 is 2.80 bits per heavy atom. The van der Waals surface area contributed by atoms with Crippen LogP contribution in [0.15, 0.2) is 24.3 Å². The van der Waals surface area contributed by atoms with Crippen LogP contribution < -0.4 is 11.1 Å². The van der Waals surface area contributed by atoms with Crippen molar-refractivity contribution >= 4 is 11.7 Å². The molecule has 110 valence electrons. The van der Waals surface area contributed by atoms with E-state index in [4.69, 9.17) is 5.73 Å². The molecule has 5 nitrogen and oxygen atoms in total. The number of likely N-dealkylation sites (tertiary alicyclic amines) is 1. The first kappa shape index (κ1) is 14.8. The highest BCUT2D eigenvalue weighted by Crippen LogP contribution is 2.18. The molecular formula is C15H23N3O2. The molecule has 2 atom stereocenters. The molecule has 20 heavy (non-hydrogen) atoms. The van der Waals surface area contributed by atoms with Crippen molar-refractivity contribution in [2.75, 3.05) is 25.0 Å². The van der Waals surface area contributed by atoms with Crippen LogP contribution in [0, 0.1) is 5.92 Å². The molecule has 2 rings (SSSR count). The van der Waals surface area contributed by atoms with Gasteiger partial charge in [-0.2, -0.15) is 0 Å². The van der Waals surface area contributed by atoms with Gasteiger partial charge in [-0.05, 0) is 43.4 Å². The van der Waals surface area contributed by atoms with Gasteiger partial charge in [-0.15, -0.1) is 0 Å². The number of carbonyl (C=O) groups is 1. The van der Waals surface area contributed by atoms with Gasteiger partial charge in [0, 0.05) is 31.4 Å². The van der Waals surface area contributed by atoms with Crippen molar-refractivity contribution in [3.05, 3.63) is 29.8 Å². The van der Waals surface area contributed by atoms with Gasteiger partial charge in [0.2, 0.25) is 0 Å². The number of nitrogens with two attached hydrogens (primary N) is 1. The summed E-state index contributed by atoms with van der Waals surface area (Å²) in [5, 5.41) is 12.1. The summed E-state index contributed by atoms with van der Waals surface area (Å²) in [7, 11) is 0. The molecule has 1 fully saturated rings. The summed E-state index contributed by atoms with van der Waals surface area (Å²) >= 11 is 0. The number of urea groups is 1. The summed E-state index contributed by atoms with van der Waals surface area (Å²) in [5.74, 6) is 0.204. The van der Waals surface area contributed by atoms with Gasteiger partial charge >= 0.3 is 6.03 Å². The zero-order valence-corrected chi connectivity index (χ0v) is 11.9. The van der Waals surface area contributed by atoms with E-state index in [1.807, 2.05) is 31.2 Å². The normalized spacial score (nSPS) is 20.6. The van der Waals surface area contributed by atoms with Crippen molar-refractivity contribution in [3.8, 4) is 0 Å². The summed E-state index contributed by atoms with van der Waals surface area (Å²) in [6.07, 6.45) is 1.94. The number of aliphatic hydroxyl groups excluding tert-OH is 1. The number of nitrogens with one attached hydrogen (secondary N) is 1. The first-order valence-electron chi connectivity index (χ1n) is 7.12. The molecule has 0 radical (unpaired) electrons. The Hall–Kier alpha value is -1.59. The maximum atomic E-state index is 12.2. The maximum absolute atomic E-state index is 12.2. The lowest BCUT2D eigenvalue weighted by molar-refractivity contribution is 0.136. The highest BCUT2D eigenvalue weighted by atomic mass is 16.3. The Bertz CT molecular complexity index is 445.